The van der Waals surface area contributed by atoms with Crippen LogP contribution < -0.4 is 11.1 Å². The third-order valence-electron chi connectivity index (χ3n) is 3.08. The highest BCUT2D eigenvalue weighted by atomic mass is 32.2. The van der Waals surface area contributed by atoms with Gasteiger partial charge in [0.2, 0.25) is 5.91 Å². The number of carbonyl (C=O) groups excluding carboxylic acids is 2. The van der Waals surface area contributed by atoms with Gasteiger partial charge >= 0.3 is 12.2 Å². The van der Waals surface area contributed by atoms with Crippen LogP contribution in [0.25, 0.3) is 11.0 Å². The van der Waals surface area contributed by atoms with E-state index < -0.39 is 23.7 Å². The van der Waals surface area contributed by atoms with E-state index in [0.29, 0.717) is 29.2 Å². The summed E-state index contributed by atoms with van der Waals surface area (Å²) in [7, 11) is 0. The van der Waals surface area contributed by atoms with Crippen molar-refractivity contribution in [2.24, 2.45) is 5.73 Å². The second-order valence-corrected chi connectivity index (χ2v) is 5.89. The molecule has 130 valence electrons. The van der Waals surface area contributed by atoms with Crippen molar-refractivity contribution in [2.75, 3.05) is 5.75 Å². The summed E-state index contributed by atoms with van der Waals surface area (Å²) >= 11 is 1.03. The fourth-order valence-electron chi connectivity index (χ4n) is 2.13. The van der Waals surface area contributed by atoms with E-state index in [9.17, 15) is 22.8 Å². The van der Waals surface area contributed by atoms with Crippen LogP contribution in [0.4, 0.5) is 18.0 Å². The molecule has 3 amide bonds. The fourth-order valence-corrected chi connectivity index (χ4v) is 2.97. The molecule has 0 aliphatic rings. The van der Waals surface area contributed by atoms with Crippen LogP contribution in [0.15, 0.2) is 23.4 Å². The molecule has 10 heteroatoms. The summed E-state index contributed by atoms with van der Waals surface area (Å²) in [5.41, 5.74) is 4.86. The number of alkyl halides is 3. The molecule has 0 radical (unpaired) electrons. The van der Waals surface area contributed by atoms with Gasteiger partial charge < -0.3 is 10.3 Å². The van der Waals surface area contributed by atoms with Crippen molar-refractivity contribution in [2.45, 2.75) is 31.2 Å². The smallest absolute Gasteiger partial charge is 0.351 e. The standard InChI is InChI=1S/C14H15F3N4O2S/c1-2-5-21-10-6-8(14(15,16)17)3-4-9(10)19-13(21)24-7-11(22)20-12(18)23/h3-4,6H,2,5,7H2,1H3,(H3,18,20,22,23). The SMILES string of the molecule is CCCn1c(SCC(=O)NC(N)=O)nc2ccc(C(F)(F)F)cc21. The Morgan fingerprint density at radius 1 is 1.38 bits per heavy atom. The van der Waals surface area contributed by atoms with E-state index in [2.05, 4.69) is 4.98 Å². The number of aryl methyl sites for hydroxylation is 1. The Balaban J connectivity index is 2.34. The van der Waals surface area contributed by atoms with Gasteiger partial charge in [-0.25, -0.2) is 9.78 Å². The van der Waals surface area contributed by atoms with E-state index in [1.165, 1.54) is 6.07 Å². The molecule has 0 saturated heterocycles. The number of nitrogens with one attached hydrogen (secondary N) is 1. The molecule has 0 aliphatic heterocycles. The molecule has 1 aromatic carbocycles. The van der Waals surface area contributed by atoms with Gasteiger partial charge in [0.1, 0.15) is 0 Å². The average molecular weight is 360 g/mol. The van der Waals surface area contributed by atoms with Crippen LogP contribution in [0.5, 0.6) is 0 Å². The Kier molecular flexibility index (Phi) is 5.37. The van der Waals surface area contributed by atoms with Gasteiger partial charge in [-0.2, -0.15) is 13.2 Å². The maximum atomic E-state index is 12.9. The topological polar surface area (TPSA) is 90.0 Å². The lowest BCUT2D eigenvalue weighted by Gasteiger charge is -2.09. The number of halogens is 3. The number of aromatic nitrogens is 2. The van der Waals surface area contributed by atoms with Gasteiger partial charge in [-0.1, -0.05) is 18.7 Å². The third-order valence-corrected chi connectivity index (χ3v) is 4.06. The first-order valence-corrected chi connectivity index (χ1v) is 8.00. The van der Waals surface area contributed by atoms with Crippen LogP contribution in [0.2, 0.25) is 0 Å². The quantitative estimate of drug-likeness (QED) is 0.803. The van der Waals surface area contributed by atoms with Gasteiger partial charge in [0.15, 0.2) is 5.16 Å². The minimum absolute atomic E-state index is 0.123. The van der Waals surface area contributed by atoms with Crippen LogP contribution in [0, 0.1) is 0 Å². The monoisotopic (exact) mass is 360 g/mol. The normalized spacial score (nSPS) is 11.7. The molecule has 3 N–H and O–H groups in total. The lowest BCUT2D eigenvalue weighted by atomic mass is 10.2. The van der Waals surface area contributed by atoms with E-state index in [1.807, 2.05) is 12.2 Å². The van der Waals surface area contributed by atoms with E-state index in [-0.39, 0.29) is 5.75 Å². The van der Waals surface area contributed by atoms with Crippen LogP contribution in [-0.2, 0) is 17.5 Å². The molecular weight excluding hydrogens is 345 g/mol. The summed E-state index contributed by atoms with van der Waals surface area (Å²) in [5, 5.41) is 2.33. The van der Waals surface area contributed by atoms with Gasteiger partial charge in [0, 0.05) is 6.54 Å². The maximum absolute atomic E-state index is 12.9. The highest BCUT2D eigenvalue weighted by molar-refractivity contribution is 7.99. The van der Waals surface area contributed by atoms with E-state index in [1.54, 1.807) is 4.57 Å². The fraction of sp³-hybridized carbons (Fsp3) is 0.357. The Hall–Kier alpha value is -2.23. The lowest BCUT2D eigenvalue weighted by Crippen LogP contribution is -2.36. The van der Waals surface area contributed by atoms with Crippen molar-refractivity contribution < 1.29 is 22.8 Å². The number of nitrogens with zero attached hydrogens (tertiary/aromatic N) is 2. The zero-order chi connectivity index (χ0) is 17.9. The number of benzene rings is 1. The Labute approximate surface area is 139 Å². The second kappa shape index (κ2) is 7.12. The van der Waals surface area contributed by atoms with Crippen molar-refractivity contribution in [3.05, 3.63) is 23.8 Å². The summed E-state index contributed by atoms with van der Waals surface area (Å²) in [6.07, 6.45) is -3.76. The van der Waals surface area contributed by atoms with Gasteiger partial charge in [-0.3, -0.25) is 10.1 Å². The molecule has 6 nitrogen and oxygen atoms in total. The van der Waals surface area contributed by atoms with Crippen molar-refractivity contribution in [1.29, 1.82) is 0 Å². The molecule has 0 unspecified atom stereocenters. The van der Waals surface area contributed by atoms with E-state index in [0.717, 1.165) is 23.9 Å². The van der Waals surface area contributed by atoms with E-state index >= 15 is 0 Å². The molecule has 1 heterocycles. The first-order chi connectivity index (χ1) is 11.2. The highest BCUT2D eigenvalue weighted by Gasteiger charge is 2.31. The summed E-state index contributed by atoms with van der Waals surface area (Å²) in [5.74, 6) is -0.721. The van der Waals surface area contributed by atoms with Crippen molar-refractivity contribution in [3.63, 3.8) is 0 Å². The number of urea groups is 1. The molecule has 0 atom stereocenters. The molecule has 24 heavy (non-hydrogen) atoms. The largest absolute Gasteiger partial charge is 0.416 e. The molecule has 2 rings (SSSR count). The number of hydrogen-bond acceptors (Lipinski definition) is 4. The van der Waals surface area contributed by atoms with Crippen LogP contribution >= 0.6 is 11.8 Å². The summed E-state index contributed by atoms with van der Waals surface area (Å²) in [6, 6.07) is 2.36. The molecular formula is C14H15F3N4O2S. The zero-order valence-corrected chi connectivity index (χ0v) is 13.5. The number of rotatable bonds is 5. The number of thioether (sulfide) groups is 1. The van der Waals surface area contributed by atoms with Crippen LogP contribution in [0.1, 0.15) is 18.9 Å². The number of carbonyl (C=O) groups is 2. The number of imidazole rings is 1. The number of amides is 3. The van der Waals surface area contributed by atoms with Crippen molar-refractivity contribution in [3.8, 4) is 0 Å². The summed E-state index contributed by atoms with van der Waals surface area (Å²) < 4.78 is 40.3. The first kappa shape index (κ1) is 18.1. The van der Waals surface area contributed by atoms with Gasteiger partial charge in [0.25, 0.3) is 0 Å². The maximum Gasteiger partial charge on any atom is 0.416 e. The number of imide groups is 1. The van der Waals surface area contributed by atoms with Crippen LogP contribution in [0.3, 0.4) is 0 Å². The van der Waals surface area contributed by atoms with Crippen LogP contribution in [-0.4, -0.2) is 27.2 Å². The van der Waals surface area contributed by atoms with Gasteiger partial charge in [-0.15, -0.1) is 0 Å². The number of fused-ring (bicyclic) bond motifs is 1. The van der Waals surface area contributed by atoms with E-state index in [4.69, 9.17) is 5.73 Å². The Morgan fingerprint density at radius 2 is 2.08 bits per heavy atom. The molecule has 0 aliphatic carbocycles. The molecule has 0 bridgehead atoms. The second-order valence-electron chi connectivity index (χ2n) is 4.95. The molecule has 2 aromatic rings. The molecule has 0 fully saturated rings. The lowest BCUT2D eigenvalue weighted by molar-refractivity contribution is -0.137. The zero-order valence-electron chi connectivity index (χ0n) is 12.7. The third kappa shape index (κ3) is 4.19. The molecule has 1 aromatic heterocycles. The number of nitrogens with two attached hydrogens (primary N) is 1. The molecule has 0 saturated carbocycles. The minimum Gasteiger partial charge on any atom is -0.351 e. The predicted molar refractivity (Wildman–Crippen MR) is 83.5 cm³/mol. The number of primary amides is 1. The molecule has 0 spiro atoms. The predicted octanol–water partition coefficient (Wildman–Crippen LogP) is 2.75. The average Bonchev–Trinajstić information content (AvgIpc) is 2.81. The summed E-state index contributed by atoms with van der Waals surface area (Å²) in [4.78, 5) is 26.4. The first-order valence-electron chi connectivity index (χ1n) is 7.02. The minimum atomic E-state index is -4.44. The Morgan fingerprint density at radius 3 is 2.67 bits per heavy atom. The Bertz CT molecular complexity index is 773. The van der Waals surface area contributed by atoms with Crippen molar-refractivity contribution >= 4 is 34.7 Å². The number of hydrogen-bond donors (Lipinski definition) is 2. The van der Waals surface area contributed by atoms with Crippen molar-refractivity contribution in [1.82, 2.24) is 14.9 Å². The van der Waals surface area contributed by atoms with Gasteiger partial charge in [-0.05, 0) is 24.6 Å². The van der Waals surface area contributed by atoms with Gasteiger partial charge in [0.05, 0.1) is 22.3 Å². The highest BCUT2D eigenvalue weighted by Crippen LogP contribution is 2.33. The summed E-state index contributed by atoms with van der Waals surface area (Å²) in [6.45, 7) is 2.34.